The van der Waals surface area contributed by atoms with E-state index in [2.05, 4.69) is 56.6 Å². The molecule has 4 rings (SSSR count). The van der Waals surface area contributed by atoms with E-state index in [4.69, 9.17) is 4.74 Å². The number of benzene rings is 1. The summed E-state index contributed by atoms with van der Waals surface area (Å²) in [7, 11) is 1.75. The fraction of sp³-hybridized carbons (Fsp3) is 0.385. The zero-order valence-electron chi connectivity index (χ0n) is 18.3. The first-order chi connectivity index (χ1) is 15.3. The topological polar surface area (TPSA) is 50.3 Å². The predicted molar refractivity (Wildman–Crippen MR) is 123 cm³/mol. The number of aromatic nitrogens is 2. The maximum Gasteiger partial charge on any atom is 0.0605 e. The van der Waals surface area contributed by atoms with E-state index in [-0.39, 0.29) is 0 Å². The second-order valence-corrected chi connectivity index (χ2v) is 8.21. The lowest BCUT2D eigenvalue weighted by Crippen LogP contribution is -2.27. The second-order valence-electron chi connectivity index (χ2n) is 8.21. The first-order valence-electron chi connectivity index (χ1n) is 11.2. The zero-order valence-corrected chi connectivity index (χ0v) is 18.3. The molecule has 0 saturated carbocycles. The molecule has 1 atom stereocenters. The smallest absolute Gasteiger partial charge is 0.0605 e. The molecule has 2 heterocycles. The number of ether oxygens (including phenoxy) is 1. The quantitative estimate of drug-likeness (QED) is 0.534. The van der Waals surface area contributed by atoms with Gasteiger partial charge in [-0.2, -0.15) is 0 Å². The van der Waals surface area contributed by atoms with E-state index in [0.717, 1.165) is 44.7 Å². The summed E-state index contributed by atoms with van der Waals surface area (Å²) in [6, 6.07) is 19.6. The van der Waals surface area contributed by atoms with Gasteiger partial charge in [0, 0.05) is 45.7 Å². The van der Waals surface area contributed by atoms with E-state index >= 15 is 0 Å². The standard InChI is InChI=1S/C26H32N4O/c1-31-17-16-30(20-24-8-2-3-14-27-24)19-22-12-10-21(11-13-22)18-29-25-9-4-6-23-7-5-15-28-26(23)25/h2-3,5,7-8,10-15,25,29H,4,6,9,16-20H2,1H3. The molecule has 1 unspecified atom stereocenters. The lowest BCUT2D eigenvalue weighted by atomic mass is 9.92. The Morgan fingerprint density at radius 2 is 1.81 bits per heavy atom. The molecule has 0 saturated heterocycles. The molecule has 0 fully saturated rings. The average Bonchev–Trinajstić information content (AvgIpc) is 2.83. The Balaban J connectivity index is 1.34. The Labute approximate surface area is 185 Å². The Morgan fingerprint density at radius 1 is 0.968 bits per heavy atom. The van der Waals surface area contributed by atoms with Gasteiger partial charge in [0.05, 0.1) is 24.0 Å². The minimum Gasteiger partial charge on any atom is -0.383 e. The van der Waals surface area contributed by atoms with Crippen molar-refractivity contribution >= 4 is 0 Å². The Bertz CT molecular complexity index is 930. The van der Waals surface area contributed by atoms with Crippen LogP contribution in [0.25, 0.3) is 0 Å². The molecule has 1 aliphatic carbocycles. The molecule has 2 aromatic heterocycles. The molecule has 1 aromatic carbocycles. The van der Waals surface area contributed by atoms with Crippen LogP contribution in [0.4, 0.5) is 0 Å². The highest BCUT2D eigenvalue weighted by Crippen LogP contribution is 2.27. The molecule has 0 bridgehead atoms. The number of rotatable bonds is 10. The predicted octanol–water partition coefficient (Wildman–Crippen LogP) is 4.29. The number of pyridine rings is 2. The van der Waals surface area contributed by atoms with Crippen molar-refractivity contribution in [3.8, 4) is 0 Å². The van der Waals surface area contributed by atoms with Gasteiger partial charge in [0.1, 0.15) is 0 Å². The van der Waals surface area contributed by atoms with E-state index in [0.29, 0.717) is 12.6 Å². The van der Waals surface area contributed by atoms with Crippen LogP contribution in [0.2, 0.25) is 0 Å². The highest BCUT2D eigenvalue weighted by atomic mass is 16.5. The first-order valence-corrected chi connectivity index (χ1v) is 11.2. The monoisotopic (exact) mass is 416 g/mol. The Morgan fingerprint density at radius 3 is 2.61 bits per heavy atom. The highest BCUT2D eigenvalue weighted by Gasteiger charge is 2.20. The lowest BCUT2D eigenvalue weighted by Gasteiger charge is -2.25. The average molecular weight is 417 g/mol. The first kappa shape index (κ1) is 21.6. The molecule has 0 spiro atoms. The third-order valence-electron chi connectivity index (χ3n) is 5.90. The molecule has 0 radical (unpaired) electrons. The van der Waals surface area contributed by atoms with Gasteiger partial charge < -0.3 is 10.1 Å². The van der Waals surface area contributed by atoms with E-state index in [1.807, 2.05) is 30.6 Å². The third kappa shape index (κ3) is 6.20. The minimum absolute atomic E-state index is 0.354. The summed E-state index contributed by atoms with van der Waals surface area (Å²) in [5.74, 6) is 0. The summed E-state index contributed by atoms with van der Waals surface area (Å²) in [5, 5.41) is 3.72. The van der Waals surface area contributed by atoms with Crippen LogP contribution in [0.15, 0.2) is 67.0 Å². The van der Waals surface area contributed by atoms with E-state index in [1.54, 1.807) is 7.11 Å². The van der Waals surface area contributed by atoms with Crippen LogP contribution in [0.5, 0.6) is 0 Å². The molecular weight excluding hydrogens is 384 g/mol. The summed E-state index contributed by atoms with van der Waals surface area (Å²) < 4.78 is 5.31. The van der Waals surface area contributed by atoms with Gasteiger partial charge in [-0.1, -0.05) is 36.4 Å². The molecule has 0 aliphatic heterocycles. The van der Waals surface area contributed by atoms with Gasteiger partial charge in [-0.05, 0) is 54.2 Å². The number of hydrogen-bond acceptors (Lipinski definition) is 5. The number of fused-ring (bicyclic) bond motifs is 1. The van der Waals surface area contributed by atoms with Gasteiger partial charge in [-0.3, -0.25) is 14.9 Å². The summed E-state index contributed by atoms with van der Waals surface area (Å²) in [6.07, 6.45) is 7.29. The van der Waals surface area contributed by atoms with Crippen molar-refractivity contribution in [3.05, 3.63) is 95.1 Å². The van der Waals surface area contributed by atoms with Crippen molar-refractivity contribution in [1.82, 2.24) is 20.2 Å². The number of methoxy groups -OCH3 is 1. The van der Waals surface area contributed by atoms with Gasteiger partial charge >= 0.3 is 0 Å². The normalized spacial score (nSPS) is 15.7. The van der Waals surface area contributed by atoms with E-state index < -0.39 is 0 Å². The summed E-state index contributed by atoms with van der Waals surface area (Å²) in [5.41, 5.74) is 6.32. The molecule has 31 heavy (non-hydrogen) atoms. The van der Waals surface area contributed by atoms with Crippen LogP contribution in [0.3, 0.4) is 0 Å². The molecule has 1 aliphatic rings. The van der Waals surface area contributed by atoms with Gasteiger partial charge in [0.2, 0.25) is 0 Å². The molecule has 5 heteroatoms. The van der Waals surface area contributed by atoms with Gasteiger partial charge in [-0.25, -0.2) is 0 Å². The largest absolute Gasteiger partial charge is 0.383 e. The maximum atomic E-state index is 5.31. The number of aryl methyl sites for hydroxylation is 1. The fourth-order valence-electron chi connectivity index (χ4n) is 4.23. The van der Waals surface area contributed by atoms with Crippen molar-refractivity contribution in [2.45, 2.75) is 44.9 Å². The summed E-state index contributed by atoms with van der Waals surface area (Å²) in [6.45, 7) is 4.16. The SMILES string of the molecule is COCCN(Cc1ccc(CNC2CCCc3cccnc32)cc1)Cc1ccccn1. The maximum absolute atomic E-state index is 5.31. The van der Waals surface area contributed by atoms with Gasteiger partial charge in [-0.15, -0.1) is 0 Å². The molecule has 3 aromatic rings. The van der Waals surface area contributed by atoms with Crippen LogP contribution in [-0.2, 0) is 30.8 Å². The van der Waals surface area contributed by atoms with Gasteiger partial charge in [0.15, 0.2) is 0 Å². The second kappa shape index (κ2) is 11.1. The molecule has 1 N–H and O–H groups in total. The van der Waals surface area contributed by atoms with Crippen molar-refractivity contribution < 1.29 is 4.74 Å². The van der Waals surface area contributed by atoms with E-state index in [9.17, 15) is 0 Å². The van der Waals surface area contributed by atoms with E-state index in [1.165, 1.54) is 28.8 Å². The minimum atomic E-state index is 0.354. The van der Waals surface area contributed by atoms with Crippen LogP contribution in [0.1, 0.15) is 47.0 Å². The lowest BCUT2D eigenvalue weighted by molar-refractivity contribution is 0.139. The molecule has 162 valence electrons. The van der Waals surface area contributed by atoms with Crippen LogP contribution in [0, 0.1) is 0 Å². The van der Waals surface area contributed by atoms with Crippen LogP contribution >= 0.6 is 0 Å². The van der Waals surface area contributed by atoms with Crippen molar-refractivity contribution in [1.29, 1.82) is 0 Å². The van der Waals surface area contributed by atoms with Crippen molar-refractivity contribution in [2.75, 3.05) is 20.3 Å². The van der Waals surface area contributed by atoms with Gasteiger partial charge in [0.25, 0.3) is 0 Å². The number of nitrogens with one attached hydrogen (secondary N) is 1. The fourth-order valence-corrected chi connectivity index (χ4v) is 4.23. The Hall–Kier alpha value is -2.60. The third-order valence-corrected chi connectivity index (χ3v) is 5.90. The van der Waals surface area contributed by atoms with Crippen LogP contribution in [-0.4, -0.2) is 35.1 Å². The number of nitrogens with zero attached hydrogens (tertiary/aromatic N) is 3. The highest BCUT2D eigenvalue weighted by molar-refractivity contribution is 5.26. The van der Waals surface area contributed by atoms with Crippen molar-refractivity contribution in [3.63, 3.8) is 0 Å². The molecular formula is C26H32N4O. The molecule has 5 nitrogen and oxygen atoms in total. The Kier molecular flexibility index (Phi) is 7.77. The summed E-state index contributed by atoms with van der Waals surface area (Å²) in [4.78, 5) is 11.5. The summed E-state index contributed by atoms with van der Waals surface area (Å²) >= 11 is 0. The van der Waals surface area contributed by atoms with Crippen LogP contribution < -0.4 is 5.32 Å². The van der Waals surface area contributed by atoms with Crippen molar-refractivity contribution in [2.24, 2.45) is 0 Å². The molecule has 0 amide bonds. The number of hydrogen-bond donors (Lipinski definition) is 1. The zero-order chi connectivity index (χ0) is 21.3.